The number of amides is 1. The first-order chi connectivity index (χ1) is 13.2. The van der Waals surface area contributed by atoms with Crippen LogP contribution in [0.2, 0.25) is 0 Å². The van der Waals surface area contributed by atoms with Crippen LogP contribution in [0.25, 0.3) is 0 Å². The number of fused-ring (bicyclic) bond motifs is 1. The van der Waals surface area contributed by atoms with Gasteiger partial charge < -0.3 is 15.3 Å². The normalized spacial score (nSPS) is 26.0. The van der Waals surface area contributed by atoms with Crippen LogP contribution in [-0.4, -0.2) is 54.9 Å². The first kappa shape index (κ1) is 18.6. The molecule has 1 heterocycles. The highest BCUT2D eigenvalue weighted by Crippen LogP contribution is 2.32. The van der Waals surface area contributed by atoms with Crippen molar-refractivity contribution in [1.82, 2.24) is 10.2 Å². The van der Waals surface area contributed by atoms with E-state index in [1.807, 2.05) is 0 Å². The van der Waals surface area contributed by atoms with E-state index in [2.05, 4.69) is 33.3 Å². The fraction of sp³-hybridized carbons (Fsp3) is 0.682. The van der Waals surface area contributed by atoms with Crippen molar-refractivity contribution in [2.75, 3.05) is 37.6 Å². The van der Waals surface area contributed by atoms with Gasteiger partial charge in [-0.25, -0.2) is 4.79 Å². The fourth-order valence-corrected chi connectivity index (χ4v) is 5.24. The summed E-state index contributed by atoms with van der Waals surface area (Å²) in [4.78, 5) is 16.0. The Morgan fingerprint density at radius 3 is 2.59 bits per heavy atom. The molecule has 1 amide bonds. The molecule has 27 heavy (non-hydrogen) atoms. The predicted octanol–water partition coefficient (Wildman–Crippen LogP) is 3.51. The van der Waals surface area contributed by atoms with Gasteiger partial charge in [-0.15, -0.1) is 0 Å². The molecule has 0 spiro atoms. The number of benzene rings is 1. The van der Waals surface area contributed by atoms with E-state index < -0.39 is 6.09 Å². The van der Waals surface area contributed by atoms with E-state index in [4.69, 9.17) is 5.11 Å². The largest absolute Gasteiger partial charge is 0.465 e. The molecule has 0 aromatic heterocycles. The highest BCUT2D eigenvalue weighted by atomic mass is 16.4. The third-order valence-corrected chi connectivity index (χ3v) is 6.86. The molecule has 5 nitrogen and oxygen atoms in total. The maximum atomic E-state index is 10.8. The Morgan fingerprint density at radius 1 is 1.07 bits per heavy atom. The van der Waals surface area contributed by atoms with Gasteiger partial charge in [-0.1, -0.05) is 12.1 Å². The Bertz CT molecular complexity index is 647. The van der Waals surface area contributed by atoms with Gasteiger partial charge in [-0.3, -0.25) is 4.90 Å². The fourth-order valence-electron chi connectivity index (χ4n) is 5.24. The molecule has 1 aromatic carbocycles. The van der Waals surface area contributed by atoms with Crippen molar-refractivity contribution in [3.8, 4) is 0 Å². The SMILES string of the molecule is O=C(O)NC1CCC(CCN2CCN(c3cccc4c3CCC4)CC2)CC1. The second-order valence-corrected chi connectivity index (χ2v) is 8.55. The molecule has 1 aromatic rings. The summed E-state index contributed by atoms with van der Waals surface area (Å²) >= 11 is 0. The summed E-state index contributed by atoms with van der Waals surface area (Å²) in [7, 11) is 0. The Kier molecular flexibility index (Phi) is 5.86. The van der Waals surface area contributed by atoms with Crippen molar-refractivity contribution < 1.29 is 9.90 Å². The number of nitrogens with zero attached hydrogens (tertiary/aromatic N) is 2. The van der Waals surface area contributed by atoms with E-state index in [0.29, 0.717) is 0 Å². The molecular formula is C22H33N3O2. The van der Waals surface area contributed by atoms with Crippen LogP contribution in [0.1, 0.15) is 49.7 Å². The monoisotopic (exact) mass is 371 g/mol. The summed E-state index contributed by atoms with van der Waals surface area (Å²) in [5.41, 5.74) is 4.68. The number of carbonyl (C=O) groups is 1. The van der Waals surface area contributed by atoms with Crippen LogP contribution in [-0.2, 0) is 12.8 Å². The number of rotatable bonds is 5. The molecule has 2 fully saturated rings. The number of hydrogen-bond donors (Lipinski definition) is 2. The third-order valence-electron chi connectivity index (χ3n) is 6.86. The lowest BCUT2D eigenvalue weighted by molar-refractivity contribution is 0.177. The average Bonchev–Trinajstić information content (AvgIpc) is 3.16. The zero-order valence-electron chi connectivity index (χ0n) is 16.3. The molecule has 1 saturated carbocycles. The van der Waals surface area contributed by atoms with E-state index in [1.165, 1.54) is 63.8 Å². The highest BCUT2D eigenvalue weighted by Gasteiger charge is 2.25. The molecule has 148 valence electrons. The summed E-state index contributed by atoms with van der Waals surface area (Å²) in [6.45, 7) is 5.82. The van der Waals surface area contributed by atoms with Crippen LogP contribution in [0.15, 0.2) is 18.2 Å². The molecule has 0 radical (unpaired) electrons. The van der Waals surface area contributed by atoms with Crippen molar-refractivity contribution >= 4 is 11.8 Å². The molecule has 1 saturated heterocycles. The van der Waals surface area contributed by atoms with E-state index in [9.17, 15) is 4.79 Å². The summed E-state index contributed by atoms with van der Waals surface area (Å²) in [5, 5.41) is 11.5. The smallest absolute Gasteiger partial charge is 0.404 e. The van der Waals surface area contributed by atoms with Crippen molar-refractivity contribution in [3.05, 3.63) is 29.3 Å². The molecule has 5 heteroatoms. The molecule has 0 atom stereocenters. The maximum Gasteiger partial charge on any atom is 0.404 e. The highest BCUT2D eigenvalue weighted by molar-refractivity contribution is 5.64. The van der Waals surface area contributed by atoms with Crippen LogP contribution in [0.3, 0.4) is 0 Å². The standard InChI is InChI=1S/C22H33N3O2/c26-22(27)23-19-9-7-17(8-10-19)11-12-24-13-15-25(16-14-24)21-6-2-4-18-3-1-5-20(18)21/h2,4,6,17,19,23H,1,3,5,7-16H2,(H,26,27). The minimum atomic E-state index is -0.875. The predicted molar refractivity (Wildman–Crippen MR) is 109 cm³/mol. The first-order valence-corrected chi connectivity index (χ1v) is 10.8. The number of hydrogen-bond acceptors (Lipinski definition) is 3. The van der Waals surface area contributed by atoms with Crippen molar-refractivity contribution in [2.24, 2.45) is 5.92 Å². The van der Waals surface area contributed by atoms with E-state index >= 15 is 0 Å². The zero-order valence-corrected chi connectivity index (χ0v) is 16.3. The number of nitrogens with one attached hydrogen (secondary N) is 1. The quantitative estimate of drug-likeness (QED) is 0.832. The van der Waals surface area contributed by atoms with Gasteiger partial charge >= 0.3 is 6.09 Å². The van der Waals surface area contributed by atoms with Gasteiger partial charge in [-0.2, -0.15) is 0 Å². The molecule has 0 bridgehead atoms. The van der Waals surface area contributed by atoms with Gasteiger partial charge in [0.05, 0.1) is 0 Å². The molecule has 3 aliphatic rings. The maximum absolute atomic E-state index is 10.8. The summed E-state index contributed by atoms with van der Waals surface area (Å²) in [6, 6.07) is 7.04. The van der Waals surface area contributed by atoms with E-state index in [-0.39, 0.29) is 6.04 Å². The number of anilines is 1. The van der Waals surface area contributed by atoms with Crippen molar-refractivity contribution in [3.63, 3.8) is 0 Å². The Hall–Kier alpha value is -1.75. The lowest BCUT2D eigenvalue weighted by Gasteiger charge is -2.38. The molecule has 2 N–H and O–H groups in total. The molecule has 2 aliphatic carbocycles. The number of piperazine rings is 1. The minimum absolute atomic E-state index is 0.176. The topological polar surface area (TPSA) is 55.8 Å². The number of aryl methyl sites for hydroxylation is 1. The van der Waals surface area contributed by atoms with Gasteiger partial charge in [0, 0.05) is 37.9 Å². The number of carboxylic acid groups (broad SMARTS) is 1. The van der Waals surface area contributed by atoms with Gasteiger partial charge in [0.25, 0.3) is 0 Å². The first-order valence-electron chi connectivity index (χ1n) is 10.8. The summed E-state index contributed by atoms with van der Waals surface area (Å²) in [5.74, 6) is 0.771. The van der Waals surface area contributed by atoms with Crippen molar-refractivity contribution in [2.45, 2.75) is 57.4 Å². The van der Waals surface area contributed by atoms with Gasteiger partial charge in [0.15, 0.2) is 0 Å². The van der Waals surface area contributed by atoms with Gasteiger partial charge in [0.2, 0.25) is 0 Å². The van der Waals surface area contributed by atoms with Crippen molar-refractivity contribution in [1.29, 1.82) is 0 Å². The zero-order chi connectivity index (χ0) is 18.6. The lowest BCUT2D eigenvalue weighted by Crippen LogP contribution is -2.47. The third kappa shape index (κ3) is 4.57. The summed E-state index contributed by atoms with van der Waals surface area (Å²) < 4.78 is 0. The van der Waals surface area contributed by atoms with Crippen LogP contribution >= 0.6 is 0 Å². The molecular weight excluding hydrogens is 338 g/mol. The van der Waals surface area contributed by atoms with E-state index in [0.717, 1.165) is 31.8 Å². The Balaban J connectivity index is 1.20. The van der Waals surface area contributed by atoms with Crippen LogP contribution < -0.4 is 10.2 Å². The average molecular weight is 372 g/mol. The van der Waals surface area contributed by atoms with Gasteiger partial charge in [0.1, 0.15) is 0 Å². The van der Waals surface area contributed by atoms with E-state index in [1.54, 1.807) is 11.1 Å². The lowest BCUT2D eigenvalue weighted by atomic mass is 9.84. The van der Waals surface area contributed by atoms with Crippen LogP contribution in [0.4, 0.5) is 10.5 Å². The van der Waals surface area contributed by atoms with Crippen LogP contribution in [0, 0.1) is 5.92 Å². The molecule has 0 unspecified atom stereocenters. The minimum Gasteiger partial charge on any atom is -0.465 e. The molecule has 4 rings (SSSR count). The Morgan fingerprint density at radius 2 is 1.85 bits per heavy atom. The Labute approximate surface area is 162 Å². The second-order valence-electron chi connectivity index (χ2n) is 8.55. The van der Waals surface area contributed by atoms with Gasteiger partial charge in [-0.05, 0) is 81.0 Å². The second kappa shape index (κ2) is 8.51. The van der Waals surface area contributed by atoms with Crippen LogP contribution in [0.5, 0.6) is 0 Å². The summed E-state index contributed by atoms with van der Waals surface area (Å²) in [6.07, 6.45) is 8.56. The molecule has 1 aliphatic heterocycles.